The van der Waals surface area contributed by atoms with Gasteiger partial charge in [-0.3, -0.25) is 9.59 Å². The van der Waals surface area contributed by atoms with E-state index in [4.69, 9.17) is 12.2 Å². The number of hydrogen-bond donors (Lipinski definition) is 2. The molecule has 3 N–H and O–H groups in total. The molecular formula is C13H14N4O2S. The first kappa shape index (κ1) is 14.2. The lowest BCUT2D eigenvalue weighted by molar-refractivity contribution is -0.131. The van der Waals surface area contributed by atoms with Crippen LogP contribution in [0.25, 0.3) is 10.2 Å². The third-order valence-corrected chi connectivity index (χ3v) is 3.68. The van der Waals surface area contributed by atoms with Crippen molar-refractivity contribution < 1.29 is 4.79 Å². The molecule has 0 aliphatic rings. The van der Waals surface area contributed by atoms with Crippen LogP contribution in [0.1, 0.15) is 12.2 Å². The number of H-pyrrole nitrogens is 1. The Morgan fingerprint density at radius 2 is 2.45 bits per heavy atom. The van der Waals surface area contributed by atoms with Crippen LogP contribution in [0.5, 0.6) is 0 Å². The van der Waals surface area contributed by atoms with Gasteiger partial charge in [-0.25, -0.2) is 4.98 Å². The maximum Gasteiger partial charge on any atom is 0.268 e. The summed E-state index contributed by atoms with van der Waals surface area (Å²) in [6.45, 7) is 0.179. The van der Waals surface area contributed by atoms with Gasteiger partial charge >= 0.3 is 0 Å². The Balaban J connectivity index is 2.17. The molecule has 2 rings (SSSR count). The largest absolute Gasteiger partial charge is 0.337 e. The molecule has 2 aromatic rings. The van der Waals surface area contributed by atoms with Gasteiger partial charge < -0.3 is 15.6 Å². The number of nitrogens with one attached hydrogen (secondary N) is 1. The summed E-state index contributed by atoms with van der Waals surface area (Å²) >= 11 is 1.33. The van der Waals surface area contributed by atoms with E-state index in [1.54, 1.807) is 18.5 Å². The second-order valence-corrected chi connectivity index (χ2v) is 5.27. The minimum atomic E-state index is -0.735. The Bertz CT molecular complexity index is 728. The Hall–Kier alpha value is -2.17. The summed E-state index contributed by atoms with van der Waals surface area (Å²) in [5.74, 6) is 2.49. The number of carbonyl (C=O) groups excluding carboxylic acids is 1. The smallest absolute Gasteiger partial charge is 0.268 e. The number of amides is 1. The minimum Gasteiger partial charge on any atom is -0.337 e. The molecule has 0 fully saturated rings. The van der Waals surface area contributed by atoms with Crippen molar-refractivity contribution in [2.24, 2.45) is 5.73 Å². The van der Waals surface area contributed by atoms with E-state index in [2.05, 4.69) is 15.9 Å². The molecule has 1 unspecified atom stereocenters. The van der Waals surface area contributed by atoms with Crippen LogP contribution < -0.4 is 11.3 Å². The number of likely N-dealkylation sites (N-methyl/N-ethyl adjacent to an activating group) is 1. The number of hydrogen-bond acceptors (Lipinski definition) is 5. The molecule has 0 saturated carbocycles. The van der Waals surface area contributed by atoms with Gasteiger partial charge in [-0.2, -0.15) is 0 Å². The fourth-order valence-corrected chi connectivity index (χ4v) is 2.52. The van der Waals surface area contributed by atoms with Crippen LogP contribution in [0.15, 0.2) is 16.2 Å². The van der Waals surface area contributed by atoms with Crippen LogP contribution in [0.2, 0.25) is 0 Å². The summed E-state index contributed by atoms with van der Waals surface area (Å²) in [4.78, 5) is 32.1. The van der Waals surface area contributed by atoms with Gasteiger partial charge in [-0.15, -0.1) is 23.7 Å². The van der Waals surface area contributed by atoms with E-state index < -0.39 is 6.04 Å². The lowest BCUT2D eigenvalue weighted by Crippen LogP contribution is -2.41. The van der Waals surface area contributed by atoms with Crippen molar-refractivity contribution in [2.45, 2.75) is 19.0 Å². The molecule has 0 aliphatic carbocycles. The molecule has 7 heteroatoms. The van der Waals surface area contributed by atoms with Gasteiger partial charge in [0.1, 0.15) is 10.5 Å². The van der Waals surface area contributed by atoms with E-state index >= 15 is 0 Å². The monoisotopic (exact) mass is 290 g/mol. The maximum absolute atomic E-state index is 11.9. The zero-order valence-corrected chi connectivity index (χ0v) is 11.7. The molecule has 20 heavy (non-hydrogen) atoms. The van der Waals surface area contributed by atoms with Crippen molar-refractivity contribution in [3.05, 3.63) is 27.6 Å². The fourth-order valence-electron chi connectivity index (χ4n) is 1.80. The number of nitrogens with two attached hydrogens (primary N) is 1. The summed E-state index contributed by atoms with van der Waals surface area (Å²) in [5.41, 5.74) is 6.09. The summed E-state index contributed by atoms with van der Waals surface area (Å²) in [6.07, 6.45) is 5.31. The average molecular weight is 290 g/mol. The minimum absolute atomic E-state index is 0.177. The van der Waals surface area contributed by atoms with Crippen LogP contribution >= 0.6 is 11.3 Å². The predicted octanol–water partition coefficient (Wildman–Crippen LogP) is 0.294. The van der Waals surface area contributed by atoms with Gasteiger partial charge in [0.25, 0.3) is 5.56 Å². The number of terminal acetylenes is 1. The zero-order chi connectivity index (χ0) is 14.7. The third kappa shape index (κ3) is 2.87. The molecule has 2 heterocycles. The molecule has 2 aromatic heterocycles. The van der Waals surface area contributed by atoms with Crippen molar-refractivity contribution in [2.75, 3.05) is 7.05 Å². The number of aromatic amines is 1. The van der Waals surface area contributed by atoms with Crippen LogP contribution in [0.3, 0.4) is 0 Å². The summed E-state index contributed by atoms with van der Waals surface area (Å²) in [5, 5.41) is 1.80. The quantitative estimate of drug-likeness (QED) is 0.792. The first-order valence-electron chi connectivity index (χ1n) is 5.93. The van der Waals surface area contributed by atoms with Gasteiger partial charge in [0.15, 0.2) is 0 Å². The molecule has 0 radical (unpaired) electrons. The highest BCUT2D eigenvalue weighted by atomic mass is 32.1. The molecule has 0 aromatic carbocycles. The van der Waals surface area contributed by atoms with E-state index in [-0.39, 0.29) is 24.4 Å². The number of carbonyl (C=O) groups is 1. The van der Waals surface area contributed by atoms with Gasteiger partial charge in [0.05, 0.1) is 18.1 Å². The third-order valence-electron chi connectivity index (χ3n) is 2.78. The summed E-state index contributed by atoms with van der Waals surface area (Å²) in [7, 11) is 1.59. The van der Waals surface area contributed by atoms with Gasteiger partial charge in [0, 0.05) is 13.5 Å². The SMILES string of the molecule is C#CCC(N)C(=O)N(C)Cc1nc2ccsc2c(=O)[nH]1. The van der Waals surface area contributed by atoms with Crippen molar-refractivity contribution in [3.63, 3.8) is 0 Å². The summed E-state index contributed by atoms with van der Waals surface area (Å²) in [6, 6.07) is 1.03. The topological polar surface area (TPSA) is 92.1 Å². The Kier molecular flexibility index (Phi) is 4.17. The first-order valence-corrected chi connectivity index (χ1v) is 6.81. The van der Waals surface area contributed by atoms with E-state index in [1.807, 2.05) is 0 Å². The Labute approximate surface area is 119 Å². The van der Waals surface area contributed by atoms with E-state index in [1.165, 1.54) is 16.2 Å². The summed E-state index contributed by atoms with van der Waals surface area (Å²) < 4.78 is 0.576. The normalized spacial score (nSPS) is 12.1. The van der Waals surface area contributed by atoms with Crippen molar-refractivity contribution in [3.8, 4) is 12.3 Å². The molecule has 0 aliphatic heterocycles. The molecule has 1 atom stereocenters. The van der Waals surface area contributed by atoms with Crippen molar-refractivity contribution >= 4 is 27.5 Å². The molecule has 104 valence electrons. The molecule has 1 amide bonds. The second-order valence-electron chi connectivity index (χ2n) is 4.36. The highest BCUT2D eigenvalue weighted by Gasteiger charge is 2.18. The van der Waals surface area contributed by atoms with Crippen LogP contribution in [-0.2, 0) is 11.3 Å². The number of nitrogens with zero attached hydrogens (tertiary/aromatic N) is 2. The number of rotatable bonds is 4. The average Bonchev–Trinajstić information content (AvgIpc) is 2.86. The maximum atomic E-state index is 11.9. The molecule has 6 nitrogen and oxygen atoms in total. The molecule has 0 saturated heterocycles. The second kappa shape index (κ2) is 5.86. The number of thiophene rings is 1. The fraction of sp³-hybridized carbons (Fsp3) is 0.308. The van der Waals surface area contributed by atoms with E-state index in [9.17, 15) is 9.59 Å². The standard InChI is InChI=1S/C13H14N4O2S/c1-3-4-8(14)13(19)17(2)7-10-15-9-5-6-20-11(9)12(18)16-10/h1,5-6,8H,4,7,14H2,2H3,(H,15,16,18). The molecule has 0 spiro atoms. The number of fused-ring (bicyclic) bond motifs is 1. The lowest BCUT2D eigenvalue weighted by Gasteiger charge is -2.19. The van der Waals surface area contributed by atoms with Gasteiger partial charge in [0.2, 0.25) is 5.91 Å². The van der Waals surface area contributed by atoms with Crippen molar-refractivity contribution in [1.82, 2.24) is 14.9 Å². The predicted molar refractivity (Wildman–Crippen MR) is 78.1 cm³/mol. The van der Waals surface area contributed by atoms with E-state index in [0.717, 1.165) is 0 Å². The Morgan fingerprint density at radius 1 is 1.70 bits per heavy atom. The van der Waals surface area contributed by atoms with Gasteiger partial charge in [-0.1, -0.05) is 0 Å². The number of aromatic nitrogens is 2. The highest BCUT2D eigenvalue weighted by molar-refractivity contribution is 7.17. The highest BCUT2D eigenvalue weighted by Crippen LogP contribution is 2.14. The zero-order valence-electron chi connectivity index (χ0n) is 10.9. The van der Waals surface area contributed by atoms with E-state index in [0.29, 0.717) is 16.0 Å². The van der Waals surface area contributed by atoms with Crippen molar-refractivity contribution in [1.29, 1.82) is 0 Å². The molecule has 0 bridgehead atoms. The van der Waals surface area contributed by atoms with Gasteiger partial charge in [-0.05, 0) is 11.4 Å². The molecular weight excluding hydrogens is 276 g/mol. The van der Waals surface area contributed by atoms with Crippen LogP contribution in [-0.4, -0.2) is 33.9 Å². The van der Waals surface area contributed by atoms with Crippen LogP contribution in [0.4, 0.5) is 0 Å². The van der Waals surface area contributed by atoms with Crippen LogP contribution in [0, 0.1) is 12.3 Å². The first-order chi connectivity index (χ1) is 9.52. The Morgan fingerprint density at radius 3 is 3.15 bits per heavy atom. The lowest BCUT2D eigenvalue weighted by atomic mass is 10.2.